The van der Waals surface area contributed by atoms with E-state index in [0.29, 0.717) is 11.1 Å². The SMILES string of the molecule is CN(NC(=O)CC(=O)NN(C)C(=O)c1ccccc1)C(=O)c1ccccc1. The molecule has 27 heavy (non-hydrogen) atoms. The van der Waals surface area contributed by atoms with Crippen molar-refractivity contribution in [1.29, 1.82) is 0 Å². The van der Waals surface area contributed by atoms with Crippen LogP contribution in [0.4, 0.5) is 0 Å². The van der Waals surface area contributed by atoms with Crippen LogP contribution in [0.5, 0.6) is 0 Å². The molecule has 0 bridgehead atoms. The first kappa shape index (κ1) is 19.6. The summed E-state index contributed by atoms with van der Waals surface area (Å²) in [4.78, 5) is 48.2. The van der Waals surface area contributed by atoms with Gasteiger partial charge in [-0.25, -0.2) is 0 Å². The Balaban J connectivity index is 1.83. The van der Waals surface area contributed by atoms with E-state index in [2.05, 4.69) is 10.9 Å². The van der Waals surface area contributed by atoms with E-state index in [1.54, 1.807) is 60.7 Å². The van der Waals surface area contributed by atoms with Gasteiger partial charge in [0.2, 0.25) is 11.8 Å². The third kappa shape index (κ3) is 5.67. The largest absolute Gasteiger partial charge is 0.273 e. The van der Waals surface area contributed by atoms with Gasteiger partial charge in [0.1, 0.15) is 6.42 Å². The number of nitrogens with one attached hydrogen (secondary N) is 2. The fraction of sp³-hybridized carbons (Fsp3) is 0.158. The Kier molecular flexibility index (Phi) is 6.65. The minimum Gasteiger partial charge on any atom is -0.273 e. The van der Waals surface area contributed by atoms with Crippen molar-refractivity contribution < 1.29 is 19.2 Å². The van der Waals surface area contributed by atoms with Crippen molar-refractivity contribution in [2.24, 2.45) is 0 Å². The van der Waals surface area contributed by atoms with Gasteiger partial charge in [-0.15, -0.1) is 0 Å². The lowest BCUT2D eigenvalue weighted by atomic mass is 10.2. The normalized spacial score (nSPS) is 9.85. The molecule has 0 aliphatic carbocycles. The van der Waals surface area contributed by atoms with Gasteiger partial charge in [0.25, 0.3) is 11.8 Å². The van der Waals surface area contributed by atoms with E-state index in [9.17, 15) is 19.2 Å². The molecule has 2 N–H and O–H groups in total. The minimum absolute atomic E-state index is 0.401. The summed E-state index contributed by atoms with van der Waals surface area (Å²) in [6, 6.07) is 16.8. The summed E-state index contributed by atoms with van der Waals surface area (Å²) in [5, 5.41) is 2.01. The van der Waals surface area contributed by atoms with Crippen LogP contribution in [0.1, 0.15) is 27.1 Å². The summed E-state index contributed by atoms with van der Waals surface area (Å²) in [5.74, 6) is -2.19. The second kappa shape index (κ2) is 9.14. The van der Waals surface area contributed by atoms with E-state index >= 15 is 0 Å². The molecular formula is C19H20N4O4. The summed E-state index contributed by atoms with van der Waals surface area (Å²) in [6.45, 7) is 0. The molecule has 4 amide bonds. The highest BCUT2D eigenvalue weighted by Gasteiger charge is 2.18. The number of carbonyl (C=O) groups excluding carboxylic acids is 4. The molecule has 140 valence electrons. The van der Waals surface area contributed by atoms with Crippen LogP contribution in [0.15, 0.2) is 60.7 Å². The number of hydrazine groups is 2. The third-order valence-corrected chi connectivity index (χ3v) is 3.56. The van der Waals surface area contributed by atoms with Crippen molar-refractivity contribution >= 4 is 23.6 Å². The molecule has 0 atom stereocenters. The molecular weight excluding hydrogens is 348 g/mol. The number of amides is 4. The predicted octanol–water partition coefficient (Wildman–Crippen LogP) is 0.983. The highest BCUT2D eigenvalue weighted by molar-refractivity contribution is 6.01. The van der Waals surface area contributed by atoms with Crippen molar-refractivity contribution in [3.05, 3.63) is 71.8 Å². The molecule has 2 aromatic carbocycles. The maximum atomic E-state index is 12.1. The molecule has 2 rings (SSSR count). The molecule has 0 unspecified atom stereocenters. The lowest BCUT2D eigenvalue weighted by molar-refractivity contribution is -0.133. The lowest BCUT2D eigenvalue weighted by Gasteiger charge is -2.20. The lowest BCUT2D eigenvalue weighted by Crippen LogP contribution is -2.47. The molecule has 0 spiro atoms. The van der Waals surface area contributed by atoms with Gasteiger partial charge in [-0.2, -0.15) is 0 Å². The molecule has 0 fully saturated rings. The molecule has 2 aromatic rings. The first-order chi connectivity index (χ1) is 12.9. The molecule has 0 radical (unpaired) electrons. The maximum Gasteiger partial charge on any atom is 0.272 e. The molecule has 0 heterocycles. The zero-order chi connectivity index (χ0) is 19.8. The van der Waals surface area contributed by atoms with Gasteiger partial charge in [-0.1, -0.05) is 36.4 Å². The fourth-order valence-corrected chi connectivity index (χ4v) is 2.25. The third-order valence-electron chi connectivity index (χ3n) is 3.56. The standard InChI is InChI=1S/C19H20N4O4/c1-22(18(26)14-9-5-3-6-10-14)20-16(24)13-17(25)21-23(2)19(27)15-11-7-4-8-12-15/h3-12H,13H2,1-2H3,(H,20,24)(H,21,25). The van der Waals surface area contributed by atoms with Crippen molar-refractivity contribution in [3.8, 4) is 0 Å². The van der Waals surface area contributed by atoms with E-state index in [1.807, 2.05) is 0 Å². The average Bonchev–Trinajstić information content (AvgIpc) is 2.67. The van der Waals surface area contributed by atoms with Crippen LogP contribution in [0.3, 0.4) is 0 Å². The van der Waals surface area contributed by atoms with Crippen LogP contribution >= 0.6 is 0 Å². The monoisotopic (exact) mass is 368 g/mol. The second-order valence-corrected chi connectivity index (χ2v) is 5.71. The summed E-state index contributed by atoms with van der Waals surface area (Å²) in [7, 11) is 2.77. The van der Waals surface area contributed by atoms with Crippen molar-refractivity contribution in [2.45, 2.75) is 6.42 Å². The summed E-state index contributed by atoms with van der Waals surface area (Å²) < 4.78 is 0. The first-order valence-corrected chi connectivity index (χ1v) is 8.13. The molecule has 0 saturated heterocycles. The van der Waals surface area contributed by atoms with E-state index in [0.717, 1.165) is 10.0 Å². The van der Waals surface area contributed by atoms with Gasteiger partial charge < -0.3 is 0 Å². The second-order valence-electron chi connectivity index (χ2n) is 5.71. The zero-order valence-electron chi connectivity index (χ0n) is 15.0. The molecule has 8 heteroatoms. The highest BCUT2D eigenvalue weighted by Crippen LogP contribution is 2.02. The van der Waals surface area contributed by atoms with E-state index in [4.69, 9.17) is 0 Å². The Morgan fingerprint density at radius 3 is 1.33 bits per heavy atom. The van der Waals surface area contributed by atoms with Crippen LogP contribution < -0.4 is 10.9 Å². The molecule has 0 aliphatic rings. The highest BCUT2D eigenvalue weighted by atomic mass is 16.2. The van der Waals surface area contributed by atoms with Crippen LogP contribution in [0.2, 0.25) is 0 Å². The van der Waals surface area contributed by atoms with E-state index in [1.165, 1.54) is 14.1 Å². The number of hydrogen-bond donors (Lipinski definition) is 2. The van der Waals surface area contributed by atoms with Gasteiger partial charge in [0, 0.05) is 25.2 Å². The number of rotatable bonds is 4. The van der Waals surface area contributed by atoms with E-state index in [-0.39, 0.29) is 0 Å². The minimum atomic E-state index is -0.681. The Labute approximate surface area is 156 Å². The number of benzene rings is 2. The van der Waals surface area contributed by atoms with Crippen LogP contribution in [-0.4, -0.2) is 47.7 Å². The van der Waals surface area contributed by atoms with Crippen molar-refractivity contribution in [2.75, 3.05) is 14.1 Å². The van der Waals surface area contributed by atoms with E-state index < -0.39 is 30.0 Å². The summed E-state index contributed by atoms with van der Waals surface area (Å²) in [6.07, 6.45) is -0.543. The summed E-state index contributed by atoms with van der Waals surface area (Å²) >= 11 is 0. The zero-order valence-corrected chi connectivity index (χ0v) is 15.0. The summed E-state index contributed by atoms with van der Waals surface area (Å²) in [5.41, 5.74) is 5.45. The van der Waals surface area contributed by atoms with Crippen LogP contribution in [0.25, 0.3) is 0 Å². The van der Waals surface area contributed by atoms with Gasteiger partial charge >= 0.3 is 0 Å². The van der Waals surface area contributed by atoms with Gasteiger partial charge in [-0.3, -0.25) is 40.0 Å². The molecule has 8 nitrogen and oxygen atoms in total. The van der Waals surface area contributed by atoms with Gasteiger partial charge in [0.15, 0.2) is 0 Å². The molecule has 0 saturated carbocycles. The van der Waals surface area contributed by atoms with Crippen molar-refractivity contribution in [3.63, 3.8) is 0 Å². The van der Waals surface area contributed by atoms with Crippen molar-refractivity contribution in [1.82, 2.24) is 20.9 Å². The Morgan fingerprint density at radius 1 is 0.667 bits per heavy atom. The topological polar surface area (TPSA) is 98.8 Å². The predicted molar refractivity (Wildman–Crippen MR) is 98.0 cm³/mol. The Bertz CT molecular complexity index is 755. The smallest absolute Gasteiger partial charge is 0.272 e. The number of hydrogen-bond acceptors (Lipinski definition) is 4. The maximum absolute atomic E-state index is 12.1. The Morgan fingerprint density at radius 2 is 1.00 bits per heavy atom. The molecule has 0 aromatic heterocycles. The van der Waals surface area contributed by atoms with Gasteiger partial charge in [0.05, 0.1) is 0 Å². The first-order valence-electron chi connectivity index (χ1n) is 8.13. The quantitative estimate of drug-likeness (QED) is 0.621. The van der Waals surface area contributed by atoms with Gasteiger partial charge in [-0.05, 0) is 24.3 Å². The molecule has 0 aliphatic heterocycles. The number of carbonyl (C=O) groups is 4. The number of nitrogens with zero attached hydrogens (tertiary/aromatic N) is 2. The Hall–Kier alpha value is -3.68. The van der Waals surface area contributed by atoms with Crippen LogP contribution in [0, 0.1) is 0 Å². The fourth-order valence-electron chi connectivity index (χ4n) is 2.25. The van der Waals surface area contributed by atoms with Crippen LogP contribution in [-0.2, 0) is 9.59 Å². The average molecular weight is 368 g/mol.